The Hall–Kier alpha value is -2.06. The zero-order chi connectivity index (χ0) is 14.5. The molecule has 1 aliphatic carbocycles. The van der Waals surface area contributed by atoms with Crippen molar-refractivity contribution in [1.29, 1.82) is 0 Å². The minimum atomic E-state index is 1.12. The summed E-state index contributed by atoms with van der Waals surface area (Å²) in [7, 11) is 2.14. The highest BCUT2D eigenvalue weighted by atomic mass is 32.1. The van der Waals surface area contributed by atoms with Crippen molar-refractivity contribution in [1.82, 2.24) is 0 Å². The van der Waals surface area contributed by atoms with Crippen LogP contribution in [0.5, 0.6) is 0 Å². The van der Waals surface area contributed by atoms with Gasteiger partial charge in [0.05, 0.1) is 0 Å². The second kappa shape index (κ2) is 6.59. The third kappa shape index (κ3) is 3.53. The second-order valence-corrected chi connectivity index (χ2v) is 6.10. The number of allylic oxidation sites excluding steroid dienone is 4. The Balaban J connectivity index is 1.71. The molecule has 106 valence electrons. The maximum absolute atomic E-state index is 2.27. The third-order valence-corrected chi connectivity index (χ3v) is 4.52. The minimum Gasteiger partial charge on any atom is -0.348 e. The summed E-state index contributed by atoms with van der Waals surface area (Å²) in [6.45, 7) is 0. The number of anilines is 1. The summed E-state index contributed by atoms with van der Waals surface area (Å²) in [5.74, 6) is 0. The Kier molecular flexibility index (Phi) is 4.37. The molecule has 2 heteroatoms. The van der Waals surface area contributed by atoms with E-state index in [9.17, 15) is 0 Å². The molecule has 0 bridgehead atoms. The van der Waals surface area contributed by atoms with Crippen LogP contribution in [-0.4, -0.2) is 7.05 Å². The van der Waals surface area contributed by atoms with E-state index >= 15 is 0 Å². The average Bonchev–Trinajstić information content (AvgIpc) is 3.07. The van der Waals surface area contributed by atoms with Crippen molar-refractivity contribution in [2.45, 2.75) is 12.8 Å². The lowest BCUT2D eigenvalue weighted by atomic mass is 10.1. The molecule has 21 heavy (non-hydrogen) atoms. The average molecular weight is 293 g/mol. The molecule has 1 aromatic carbocycles. The van der Waals surface area contributed by atoms with E-state index in [1.54, 1.807) is 11.3 Å². The molecule has 0 unspecified atom stereocenters. The van der Waals surface area contributed by atoms with Crippen molar-refractivity contribution >= 4 is 29.2 Å². The molecule has 2 aromatic rings. The lowest BCUT2D eigenvalue weighted by Crippen LogP contribution is -2.16. The van der Waals surface area contributed by atoms with Crippen LogP contribution in [0.25, 0.3) is 12.2 Å². The number of benzene rings is 1. The fraction of sp³-hybridized carbons (Fsp3) is 0.158. The molecule has 0 fully saturated rings. The first-order valence-corrected chi connectivity index (χ1v) is 8.12. The molecule has 3 rings (SSSR count). The molecule has 0 atom stereocenters. The van der Waals surface area contributed by atoms with Crippen LogP contribution in [0.2, 0.25) is 0 Å². The normalized spacial score (nSPS) is 14.4. The molecule has 0 amide bonds. The van der Waals surface area contributed by atoms with Gasteiger partial charge >= 0.3 is 0 Å². The van der Waals surface area contributed by atoms with Gasteiger partial charge in [0.1, 0.15) is 0 Å². The third-order valence-electron chi connectivity index (χ3n) is 3.69. The van der Waals surface area contributed by atoms with E-state index in [1.165, 1.54) is 21.8 Å². The van der Waals surface area contributed by atoms with E-state index in [0.717, 1.165) is 12.8 Å². The second-order valence-electron chi connectivity index (χ2n) is 5.12. The van der Waals surface area contributed by atoms with Crippen molar-refractivity contribution in [2.75, 3.05) is 11.9 Å². The summed E-state index contributed by atoms with van der Waals surface area (Å²) >= 11 is 1.76. The molecular weight excluding hydrogens is 274 g/mol. The molecule has 1 heterocycles. The van der Waals surface area contributed by atoms with E-state index in [2.05, 4.69) is 84.1 Å². The van der Waals surface area contributed by atoms with Gasteiger partial charge in [0.15, 0.2) is 0 Å². The smallest absolute Gasteiger partial charge is 0.0406 e. The van der Waals surface area contributed by atoms with E-state index in [4.69, 9.17) is 0 Å². The first-order chi connectivity index (χ1) is 10.3. The lowest BCUT2D eigenvalue weighted by Gasteiger charge is -2.24. The van der Waals surface area contributed by atoms with Crippen LogP contribution in [0.3, 0.4) is 0 Å². The maximum Gasteiger partial charge on any atom is 0.0406 e. The van der Waals surface area contributed by atoms with Gasteiger partial charge < -0.3 is 4.90 Å². The van der Waals surface area contributed by atoms with Gasteiger partial charge in [0, 0.05) is 23.3 Å². The molecule has 0 saturated heterocycles. The van der Waals surface area contributed by atoms with E-state index < -0.39 is 0 Å². The summed E-state index contributed by atoms with van der Waals surface area (Å²) in [5, 5.41) is 2.10. The largest absolute Gasteiger partial charge is 0.348 e. The molecule has 0 saturated carbocycles. The molecule has 0 radical (unpaired) electrons. The Labute approximate surface area is 130 Å². The summed E-state index contributed by atoms with van der Waals surface area (Å²) in [6, 6.07) is 12.9. The number of thiophene rings is 1. The monoisotopic (exact) mass is 293 g/mol. The summed E-state index contributed by atoms with van der Waals surface area (Å²) in [4.78, 5) is 3.56. The fourth-order valence-corrected chi connectivity index (χ4v) is 3.03. The van der Waals surface area contributed by atoms with Crippen LogP contribution >= 0.6 is 11.3 Å². The summed E-state index contributed by atoms with van der Waals surface area (Å²) < 4.78 is 0. The highest BCUT2D eigenvalue weighted by Gasteiger charge is 2.07. The first kappa shape index (κ1) is 13.9. The topological polar surface area (TPSA) is 3.24 Å². The van der Waals surface area contributed by atoms with Crippen LogP contribution in [0.4, 0.5) is 5.69 Å². The Bertz CT molecular complexity index is 660. The first-order valence-electron chi connectivity index (χ1n) is 7.24. The quantitative estimate of drug-likeness (QED) is 0.710. The summed E-state index contributed by atoms with van der Waals surface area (Å²) in [5.41, 5.74) is 3.85. The minimum absolute atomic E-state index is 1.12. The molecule has 1 aliphatic rings. The molecule has 0 aliphatic heterocycles. The Morgan fingerprint density at radius 2 is 1.95 bits per heavy atom. The molecular formula is C19H19NS. The zero-order valence-electron chi connectivity index (χ0n) is 12.2. The zero-order valence-corrected chi connectivity index (χ0v) is 13.0. The lowest BCUT2D eigenvalue weighted by molar-refractivity contribution is 0.896. The van der Waals surface area contributed by atoms with Gasteiger partial charge in [-0.15, -0.1) is 11.3 Å². The van der Waals surface area contributed by atoms with Gasteiger partial charge in [-0.05, 0) is 54.1 Å². The predicted molar refractivity (Wildman–Crippen MR) is 94.5 cm³/mol. The molecule has 1 nitrogen and oxygen atoms in total. The van der Waals surface area contributed by atoms with E-state index in [1.807, 2.05) is 0 Å². The number of rotatable bonds is 4. The van der Waals surface area contributed by atoms with Crippen LogP contribution in [0.15, 0.2) is 65.7 Å². The number of hydrogen-bond donors (Lipinski definition) is 0. The standard InChI is InChI=1S/C19H19NS/c1-20(17-6-3-2-4-7-17)18-12-9-16(10-13-18)11-14-19-8-5-15-21-19/h2-3,5-6,8-15H,4,7H2,1H3/b14-11+. The van der Waals surface area contributed by atoms with Crippen LogP contribution in [0, 0.1) is 0 Å². The fourth-order valence-electron chi connectivity index (χ4n) is 2.41. The maximum atomic E-state index is 2.27. The van der Waals surface area contributed by atoms with E-state index in [0.29, 0.717) is 0 Å². The van der Waals surface area contributed by atoms with Gasteiger partial charge in [-0.2, -0.15) is 0 Å². The highest BCUT2D eigenvalue weighted by Crippen LogP contribution is 2.23. The van der Waals surface area contributed by atoms with Gasteiger partial charge in [-0.3, -0.25) is 0 Å². The summed E-state index contributed by atoms with van der Waals surface area (Å²) in [6.07, 6.45) is 13.2. The van der Waals surface area contributed by atoms with Crippen LogP contribution < -0.4 is 4.90 Å². The van der Waals surface area contributed by atoms with Crippen molar-refractivity contribution in [3.8, 4) is 0 Å². The Morgan fingerprint density at radius 1 is 1.10 bits per heavy atom. The van der Waals surface area contributed by atoms with Crippen molar-refractivity contribution in [3.05, 3.63) is 76.1 Å². The Morgan fingerprint density at radius 3 is 2.62 bits per heavy atom. The number of hydrogen-bond acceptors (Lipinski definition) is 2. The highest BCUT2D eigenvalue weighted by molar-refractivity contribution is 7.10. The van der Waals surface area contributed by atoms with Gasteiger partial charge in [0.25, 0.3) is 0 Å². The van der Waals surface area contributed by atoms with Crippen LogP contribution in [-0.2, 0) is 0 Å². The van der Waals surface area contributed by atoms with E-state index in [-0.39, 0.29) is 0 Å². The number of nitrogens with zero attached hydrogens (tertiary/aromatic N) is 1. The SMILES string of the molecule is CN(C1=CC=CCC1)c1ccc(/C=C/c2cccs2)cc1. The van der Waals surface area contributed by atoms with Gasteiger partial charge in [-0.1, -0.05) is 36.4 Å². The molecule has 1 aromatic heterocycles. The van der Waals surface area contributed by atoms with Crippen LogP contribution in [0.1, 0.15) is 23.3 Å². The molecule has 0 spiro atoms. The van der Waals surface area contributed by atoms with Crippen molar-refractivity contribution < 1.29 is 0 Å². The molecule has 0 N–H and O–H groups in total. The van der Waals surface area contributed by atoms with Crippen molar-refractivity contribution in [3.63, 3.8) is 0 Å². The van der Waals surface area contributed by atoms with Gasteiger partial charge in [-0.25, -0.2) is 0 Å². The predicted octanol–water partition coefficient (Wildman–Crippen LogP) is 5.59. The van der Waals surface area contributed by atoms with Crippen molar-refractivity contribution in [2.24, 2.45) is 0 Å². The van der Waals surface area contributed by atoms with Gasteiger partial charge in [0.2, 0.25) is 0 Å².